The Balaban J connectivity index is 2.28. The highest BCUT2D eigenvalue weighted by Gasteiger charge is 2.44. The summed E-state index contributed by atoms with van der Waals surface area (Å²) in [7, 11) is 1.92. The zero-order valence-electron chi connectivity index (χ0n) is 13.6. The fourth-order valence-corrected chi connectivity index (χ4v) is 4.23. The lowest BCUT2D eigenvalue weighted by Gasteiger charge is -2.39. The average molecular weight is 356 g/mol. The third kappa shape index (κ3) is 2.95. The van der Waals surface area contributed by atoms with Crippen LogP contribution >= 0.6 is 15.9 Å². The molecule has 1 heterocycles. The molecule has 1 saturated carbocycles. The van der Waals surface area contributed by atoms with E-state index in [0.29, 0.717) is 12.2 Å². The average Bonchev–Trinajstić information content (AvgIpc) is 3.03. The molecule has 4 nitrogen and oxygen atoms in total. The zero-order chi connectivity index (χ0) is 15.6. The number of hydrogen-bond acceptors (Lipinski definition) is 3. The van der Waals surface area contributed by atoms with Gasteiger partial charge >= 0.3 is 0 Å². The van der Waals surface area contributed by atoms with Crippen LogP contribution in [0.5, 0.6) is 0 Å². The Morgan fingerprint density at radius 3 is 2.33 bits per heavy atom. The van der Waals surface area contributed by atoms with E-state index in [2.05, 4.69) is 39.8 Å². The molecule has 2 rings (SSSR count). The maximum absolute atomic E-state index is 13.1. The lowest BCUT2D eigenvalue weighted by Crippen LogP contribution is -2.53. The third-order valence-corrected chi connectivity index (χ3v) is 5.94. The standard InChI is InChI=1S/C16H26BrN3O/c1-5-20(6-2)16(9-7-8-10-16)14(21)11-13-15(17)12(3)18-19(13)4/h5-11H2,1-4H3. The third-order valence-electron chi connectivity index (χ3n) is 4.91. The van der Waals surface area contributed by atoms with E-state index >= 15 is 0 Å². The predicted molar refractivity (Wildman–Crippen MR) is 88.5 cm³/mol. The first-order chi connectivity index (χ1) is 9.96. The Kier molecular flexibility index (Phi) is 5.25. The van der Waals surface area contributed by atoms with Crippen molar-refractivity contribution in [2.75, 3.05) is 13.1 Å². The second-order valence-corrected chi connectivity index (χ2v) is 6.77. The summed E-state index contributed by atoms with van der Waals surface area (Å²) in [5.74, 6) is 0.354. The van der Waals surface area contributed by atoms with Crippen molar-refractivity contribution in [1.29, 1.82) is 0 Å². The van der Waals surface area contributed by atoms with Gasteiger partial charge in [-0.2, -0.15) is 5.10 Å². The lowest BCUT2D eigenvalue weighted by atomic mass is 9.87. The van der Waals surface area contributed by atoms with Crippen molar-refractivity contribution in [2.45, 2.75) is 58.4 Å². The van der Waals surface area contributed by atoms with Gasteiger partial charge < -0.3 is 0 Å². The minimum absolute atomic E-state index is 0.249. The van der Waals surface area contributed by atoms with Crippen molar-refractivity contribution < 1.29 is 4.79 Å². The smallest absolute Gasteiger partial charge is 0.159 e. The fraction of sp³-hybridized carbons (Fsp3) is 0.750. The highest BCUT2D eigenvalue weighted by molar-refractivity contribution is 9.10. The first-order valence-electron chi connectivity index (χ1n) is 7.92. The number of carbonyl (C=O) groups excluding carboxylic acids is 1. The van der Waals surface area contributed by atoms with Crippen LogP contribution in [0.3, 0.4) is 0 Å². The van der Waals surface area contributed by atoms with Crippen LogP contribution in [0.2, 0.25) is 0 Å². The molecule has 0 aliphatic heterocycles. The molecule has 1 aliphatic carbocycles. The van der Waals surface area contributed by atoms with Crippen LogP contribution in [0.15, 0.2) is 4.47 Å². The molecule has 0 N–H and O–H groups in total. The molecule has 5 heteroatoms. The molecule has 0 saturated heterocycles. The number of carbonyl (C=O) groups is 1. The molecule has 21 heavy (non-hydrogen) atoms. The summed E-state index contributed by atoms with van der Waals surface area (Å²) in [5, 5.41) is 4.40. The Bertz CT molecular complexity index is 514. The van der Waals surface area contributed by atoms with E-state index in [0.717, 1.165) is 54.6 Å². The molecular weight excluding hydrogens is 330 g/mol. The van der Waals surface area contributed by atoms with Gasteiger partial charge in [0.2, 0.25) is 0 Å². The lowest BCUT2D eigenvalue weighted by molar-refractivity contribution is -0.130. The van der Waals surface area contributed by atoms with E-state index in [1.807, 2.05) is 18.7 Å². The summed E-state index contributed by atoms with van der Waals surface area (Å²) in [4.78, 5) is 15.5. The molecule has 0 amide bonds. The number of aryl methyl sites for hydroxylation is 2. The summed E-state index contributed by atoms with van der Waals surface area (Å²) in [6, 6.07) is 0. The number of ketones is 1. The van der Waals surface area contributed by atoms with Crippen LogP contribution < -0.4 is 0 Å². The maximum atomic E-state index is 13.1. The summed E-state index contributed by atoms with van der Waals surface area (Å²) in [6.07, 6.45) is 4.79. The molecule has 118 valence electrons. The topological polar surface area (TPSA) is 38.1 Å². The maximum Gasteiger partial charge on any atom is 0.159 e. The fourth-order valence-electron chi connectivity index (χ4n) is 3.75. The molecule has 0 aromatic carbocycles. The molecule has 1 aliphatic rings. The van der Waals surface area contributed by atoms with Crippen LogP contribution in [0, 0.1) is 6.92 Å². The summed E-state index contributed by atoms with van der Waals surface area (Å²) < 4.78 is 2.81. The van der Waals surface area contributed by atoms with E-state index in [4.69, 9.17) is 0 Å². The van der Waals surface area contributed by atoms with Gasteiger partial charge in [0.25, 0.3) is 0 Å². The van der Waals surface area contributed by atoms with Gasteiger partial charge in [-0.05, 0) is 48.8 Å². The van der Waals surface area contributed by atoms with Crippen molar-refractivity contribution in [3.63, 3.8) is 0 Å². The van der Waals surface area contributed by atoms with Gasteiger partial charge in [0.05, 0.1) is 27.8 Å². The summed E-state index contributed by atoms with van der Waals surface area (Å²) in [6.45, 7) is 8.15. The van der Waals surface area contributed by atoms with Gasteiger partial charge in [-0.3, -0.25) is 14.4 Å². The van der Waals surface area contributed by atoms with Crippen LogP contribution in [0.1, 0.15) is 50.9 Å². The molecular formula is C16H26BrN3O. The summed E-state index contributed by atoms with van der Waals surface area (Å²) in [5.41, 5.74) is 1.70. The van der Waals surface area contributed by atoms with Crippen LogP contribution in [0.25, 0.3) is 0 Å². The van der Waals surface area contributed by atoms with Crippen molar-refractivity contribution in [3.8, 4) is 0 Å². The second kappa shape index (κ2) is 6.61. The van der Waals surface area contributed by atoms with Gasteiger partial charge in [0, 0.05) is 7.05 Å². The SMILES string of the molecule is CCN(CC)C1(C(=O)Cc2c(Br)c(C)nn2C)CCCC1. The predicted octanol–water partition coefficient (Wildman–Crippen LogP) is 3.26. The van der Waals surface area contributed by atoms with Crippen LogP contribution in [0.4, 0.5) is 0 Å². The first-order valence-corrected chi connectivity index (χ1v) is 8.72. The number of halogens is 1. The Labute approximate surface area is 136 Å². The van der Waals surface area contributed by atoms with E-state index in [1.54, 1.807) is 0 Å². The van der Waals surface area contributed by atoms with E-state index < -0.39 is 0 Å². The minimum atomic E-state index is -0.249. The van der Waals surface area contributed by atoms with Crippen molar-refractivity contribution in [2.24, 2.45) is 7.05 Å². The molecule has 1 aromatic heterocycles. The molecule has 0 unspecified atom stereocenters. The van der Waals surface area contributed by atoms with Crippen molar-refractivity contribution >= 4 is 21.7 Å². The first kappa shape index (κ1) is 16.7. The van der Waals surface area contributed by atoms with Gasteiger partial charge in [0.1, 0.15) is 0 Å². The molecule has 0 radical (unpaired) electrons. The Morgan fingerprint density at radius 1 is 1.33 bits per heavy atom. The van der Waals surface area contributed by atoms with Gasteiger partial charge in [-0.25, -0.2) is 0 Å². The molecule has 0 atom stereocenters. The highest BCUT2D eigenvalue weighted by Crippen LogP contribution is 2.37. The number of rotatable bonds is 6. The number of nitrogens with zero attached hydrogens (tertiary/aromatic N) is 3. The Hall–Kier alpha value is -0.680. The van der Waals surface area contributed by atoms with E-state index in [-0.39, 0.29) is 5.54 Å². The largest absolute Gasteiger partial charge is 0.297 e. The second-order valence-electron chi connectivity index (χ2n) is 5.98. The molecule has 0 bridgehead atoms. The Morgan fingerprint density at radius 2 is 1.90 bits per heavy atom. The number of Topliss-reactive ketones (excluding diaryl/α,β-unsaturated/α-hetero) is 1. The quantitative estimate of drug-likeness (QED) is 0.785. The van der Waals surface area contributed by atoms with Gasteiger partial charge in [-0.15, -0.1) is 0 Å². The van der Waals surface area contributed by atoms with Gasteiger partial charge in [-0.1, -0.05) is 26.7 Å². The number of likely N-dealkylation sites (N-methyl/N-ethyl adjacent to an activating group) is 1. The molecule has 1 aromatic rings. The zero-order valence-corrected chi connectivity index (χ0v) is 15.2. The van der Waals surface area contributed by atoms with Crippen LogP contribution in [-0.2, 0) is 18.3 Å². The molecule has 0 spiro atoms. The van der Waals surface area contributed by atoms with Gasteiger partial charge in [0.15, 0.2) is 5.78 Å². The number of hydrogen-bond donors (Lipinski definition) is 0. The van der Waals surface area contributed by atoms with Crippen molar-refractivity contribution in [3.05, 3.63) is 15.9 Å². The molecule has 1 fully saturated rings. The van der Waals surface area contributed by atoms with Crippen LogP contribution in [-0.4, -0.2) is 39.1 Å². The van der Waals surface area contributed by atoms with E-state index in [9.17, 15) is 4.79 Å². The van der Waals surface area contributed by atoms with Crippen molar-refractivity contribution in [1.82, 2.24) is 14.7 Å². The number of aromatic nitrogens is 2. The summed E-state index contributed by atoms with van der Waals surface area (Å²) >= 11 is 3.58. The highest BCUT2D eigenvalue weighted by atomic mass is 79.9. The monoisotopic (exact) mass is 355 g/mol. The minimum Gasteiger partial charge on any atom is -0.297 e. The van der Waals surface area contributed by atoms with E-state index in [1.165, 1.54) is 0 Å². The normalized spacial score (nSPS) is 17.6.